The smallest absolute Gasteiger partial charge is 0.229 e. The summed E-state index contributed by atoms with van der Waals surface area (Å²) < 4.78 is 32.1. The van der Waals surface area contributed by atoms with Crippen LogP contribution in [-0.4, -0.2) is 93.3 Å². The molecule has 0 amide bonds. The highest BCUT2D eigenvalue weighted by molar-refractivity contribution is 5.83. The van der Waals surface area contributed by atoms with Gasteiger partial charge in [-0.2, -0.15) is 0 Å². The van der Waals surface area contributed by atoms with Crippen molar-refractivity contribution >= 4 is 34.2 Å². The van der Waals surface area contributed by atoms with E-state index in [0.29, 0.717) is 28.6 Å². The Morgan fingerprint density at radius 1 is 0.889 bits per heavy atom. The molecular formula is C41H49F2N11. The first kappa shape index (κ1) is 36.0. The van der Waals surface area contributed by atoms with Crippen molar-refractivity contribution in [2.45, 2.75) is 46.2 Å². The number of aryl methyl sites for hydroxylation is 1. The fourth-order valence-electron chi connectivity index (χ4n) is 8.13. The third-order valence-corrected chi connectivity index (χ3v) is 10.8. The zero-order valence-electron chi connectivity index (χ0n) is 31.3. The van der Waals surface area contributed by atoms with Crippen LogP contribution in [0.1, 0.15) is 44.1 Å². The van der Waals surface area contributed by atoms with Gasteiger partial charge in [0, 0.05) is 94.3 Å². The van der Waals surface area contributed by atoms with E-state index in [9.17, 15) is 0 Å². The number of pyridine rings is 1. The summed E-state index contributed by atoms with van der Waals surface area (Å²) >= 11 is 0. The number of rotatable bonds is 10. The summed E-state index contributed by atoms with van der Waals surface area (Å²) in [6, 6.07) is 16.0. The molecule has 0 bridgehead atoms. The molecule has 3 aliphatic heterocycles. The van der Waals surface area contributed by atoms with E-state index >= 15 is 8.78 Å². The lowest BCUT2D eigenvalue weighted by Gasteiger charge is -2.40. The highest BCUT2D eigenvalue weighted by Crippen LogP contribution is 2.31. The standard InChI is InChI=1S/C41H49F2N11/c1-28(2)54-29(3)47-40-35(42)20-32(21-37(40)54)39-36(43)23-46-41(49-39)48-38-12-7-30(22-45-38)24-50-16-18-51(19-17-50)25-31-6-4-14-52(26-31)33-8-10-34(11-9-33)53-15-5-13-44-27-53/h5,7-12,15,20-23,28,31,44H,4,6,13-14,16-19,24-27H2,1-3H3,(H,45,46,48,49). The summed E-state index contributed by atoms with van der Waals surface area (Å²) in [6.45, 7) is 16.0. The van der Waals surface area contributed by atoms with Crippen LogP contribution in [0.15, 0.2) is 73.2 Å². The van der Waals surface area contributed by atoms with Gasteiger partial charge in [0.25, 0.3) is 0 Å². The third kappa shape index (κ3) is 7.94. The number of nitrogens with one attached hydrogen (secondary N) is 2. The monoisotopic (exact) mass is 733 g/mol. The quantitative estimate of drug-likeness (QED) is 0.161. The number of piperazine rings is 1. The predicted octanol–water partition coefficient (Wildman–Crippen LogP) is 6.71. The molecule has 2 N–H and O–H groups in total. The Morgan fingerprint density at radius 2 is 1.69 bits per heavy atom. The van der Waals surface area contributed by atoms with Gasteiger partial charge < -0.3 is 24.6 Å². The van der Waals surface area contributed by atoms with Crippen molar-refractivity contribution < 1.29 is 8.78 Å². The van der Waals surface area contributed by atoms with Crippen molar-refractivity contribution in [2.24, 2.45) is 5.92 Å². The van der Waals surface area contributed by atoms with Gasteiger partial charge in [-0.25, -0.2) is 28.7 Å². The lowest BCUT2D eigenvalue weighted by molar-refractivity contribution is 0.110. The van der Waals surface area contributed by atoms with Crippen molar-refractivity contribution in [3.8, 4) is 11.3 Å². The van der Waals surface area contributed by atoms with Crippen molar-refractivity contribution in [1.29, 1.82) is 0 Å². The molecule has 3 aromatic heterocycles. The number of fused-ring (bicyclic) bond motifs is 1. The van der Waals surface area contributed by atoms with Crippen LogP contribution in [0.3, 0.4) is 0 Å². The van der Waals surface area contributed by atoms with Crippen LogP contribution in [0.2, 0.25) is 0 Å². The largest absolute Gasteiger partial charge is 0.371 e. The van der Waals surface area contributed by atoms with Gasteiger partial charge in [-0.15, -0.1) is 0 Å². The molecule has 3 aliphatic rings. The van der Waals surface area contributed by atoms with Crippen LogP contribution in [0.5, 0.6) is 0 Å². The number of piperidine rings is 1. The molecule has 2 fully saturated rings. The molecule has 11 nitrogen and oxygen atoms in total. The van der Waals surface area contributed by atoms with E-state index in [1.165, 1.54) is 30.3 Å². The first-order valence-electron chi connectivity index (χ1n) is 19.1. The van der Waals surface area contributed by atoms with Gasteiger partial charge in [0.2, 0.25) is 5.95 Å². The average Bonchev–Trinajstić information content (AvgIpc) is 3.54. The zero-order chi connectivity index (χ0) is 37.2. The lowest BCUT2D eigenvalue weighted by Crippen LogP contribution is -2.49. The van der Waals surface area contributed by atoms with Crippen LogP contribution in [0.4, 0.5) is 31.9 Å². The van der Waals surface area contributed by atoms with E-state index in [2.05, 4.69) is 86.7 Å². The molecule has 0 saturated carbocycles. The van der Waals surface area contributed by atoms with Gasteiger partial charge in [0.15, 0.2) is 11.6 Å². The van der Waals surface area contributed by atoms with Gasteiger partial charge in [-0.1, -0.05) is 12.1 Å². The average molecular weight is 734 g/mol. The molecule has 5 aromatic rings. The number of nitrogens with zero attached hydrogens (tertiary/aromatic N) is 9. The van der Waals surface area contributed by atoms with Crippen molar-refractivity contribution in [3.63, 3.8) is 0 Å². The van der Waals surface area contributed by atoms with Gasteiger partial charge >= 0.3 is 0 Å². The van der Waals surface area contributed by atoms with E-state index < -0.39 is 11.6 Å². The lowest BCUT2D eigenvalue weighted by atomic mass is 9.96. The molecule has 2 aromatic carbocycles. The topological polar surface area (TPSA) is 93.5 Å². The number of hydrogen-bond donors (Lipinski definition) is 2. The molecule has 54 heavy (non-hydrogen) atoms. The third-order valence-electron chi connectivity index (χ3n) is 10.8. The first-order chi connectivity index (χ1) is 26.3. The number of anilines is 4. The molecule has 8 rings (SSSR count). The summed E-state index contributed by atoms with van der Waals surface area (Å²) in [5, 5.41) is 6.48. The molecule has 0 radical (unpaired) electrons. The second kappa shape index (κ2) is 15.8. The maximum Gasteiger partial charge on any atom is 0.229 e. The zero-order valence-corrected chi connectivity index (χ0v) is 31.3. The number of hydrogen-bond acceptors (Lipinski definition) is 10. The van der Waals surface area contributed by atoms with Crippen LogP contribution in [0.25, 0.3) is 22.3 Å². The predicted molar refractivity (Wildman–Crippen MR) is 211 cm³/mol. The molecular weight excluding hydrogens is 685 g/mol. The first-order valence-corrected chi connectivity index (χ1v) is 19.1. The van der Waals surface area contributed by atoms with E-state index in [1.54, 1.807) is 6.07 Å². The minimum atomic E-state index is -0.638. The maximum atomic E-state index is 15.1. The minimum Gasteiger partial charge on any atom is -0.371 e. The molecule has 2 saturated heterocycles. The fourth-order valence-corrected chi connectivity index (χ4v) is 8.13. The van der Waals surface area contributed by atoms with E-state index in [4.69, 9.17) is 0 Å². The maximum absolute atomic E-state index is 15.1. The SMILES string of the molecule is Cc1nc2c(F)cc(-c3nc(Nc4ccc(CN5CCN(CC6CCCN(c7ccc(N8C=CCNC8)cc7)C6)CC5)cn4)ncc3F)cc2n1C(C)C. The molecule has 0 spiro atoms. The van der Waals surface area contributed by atoms with Gasteiger partial charge in [-0.05, 0) is 87.6 Å². The molecule has 6 heterocycles. The summed E-state index contributed by atoms with van der Waals surface area (Å²) in [5.41, 5.74) is 4.85. The van der Waals surface area contributed by atoms with Crippen molar-refractivity contribution in [3.05, 3.63) is 96.2 Å². The Labute approximate surface area is 315 Å². The van der Waals surface area contributed by atoms with Gasteiger partial charge in [0.05, 0.1) is 18.4 Å². The van der Waals surface area contributed by atoms with Crippen LogP contribution in [0, 0.1) is 24.5 Å². The van der Waals surface area contributed by atoms with E-state index in [1.807, 2.05) is 43.7 Å². The Balaban J connectivity index is 0.829. The number of aromatic nitrogens is 5. The highest BCUT2D eigenvalue weighted by atomic mass is 19.1. The fraction of sp³-hybridized carbons (Fsp3) is 0.415. The Hall–Kier alpha value is -4.98. The van der Waals surface area contributed by atoms with Crippen molar-refractivity contribution in [2.75, 3.05) is 74.1 Å². The Morgan fingerprint density at radius 3 is 2.43 bits per heavy atom. The number of imidazole rings is 1. The van der Waals surface area contributed by atoms with Crippen LogP contribution in [-0.2, 0) is 6.54 Å². The number of benzene rings is 2. The summed E-state index contributed by atoms with van der Waals surface area (Å²) in [4.78, 5) is 27.5. The molecule has 1 unspecified atom stereocenters. The van der Waals surface area contributed by atoms with Crippen LogP contribution >= 0.6 is 0 Å². The van der Waals surface area contributed by atoms with Crippen LogP contribution < -0.4 is 20.4 Å². The number of halogens is 2. The second-order valence-corrected chi connectivity index (χ2v) is 15.0. The highest BCUT2D eigenvalue weighted by Gasteiger charge is 2.25. The summed E-state index contributed by atoms with van der Waals surface area (Å²) in [5.74, 6) is 0.940. The van der Waals surface area contributed by atoms with Gasteiger partial charge in [0.1, 0.15) is 22.9 Å². The minimum absolute atomic E-state index is 0.00746. The normalized spacial score (nSPS) is 18.6. The summed E-state index contributed by atoms with van der Waals surface area (Å²) in [6.07, 6.45) is 9.80. The molecule has 0 aliphatic carbocycles. The second-order valence-electron chi connectivity index (χ2n) is 15.0. The summed E-state index contributed by atoms with van der Waals surface area (Å²) in [7, 11) is 0. The molecule has 1 atom stereocenters. The van der Waals surface area contributed by atoms with E-state index in [-0.39, 0.29) is 23.2 Å². The Bertz CT molecular complexity index is 2090. The Kier molecular flexibility index (Phi) is 10.5. The molecule has 13 heteroatoms. The van der Waals surface area contributed by atoms with E-state index in [0.717, 1.165) is 77.3 Å². The van der Waals surface area contributed by atoms with Crippen molar-refractivity contribution in [1.82, 2.24) is 39.6 Å². The van der Waals surface area contributed by atoms with Gasteiger partial charge in [-0.3, -0.25) is 10.2 Å². The molecule has 282 valence electrons.